The van der Waals surface area contributed by atoms with Crippen molar-refractivity contribution in [2.45, 2.75) is 31.0 Å². The van der Waals surface area contributed by atoms with Crippen LogP contribution in [0.4, 0.5) is 0 Å². The van der Waals surface area contributed by atoms with E-state index in [1.165, 1.54) is 0 Å². The van der Waals surface area contributed by atoms with E-state index in [9.17, 15) is 0 Å². The molecule has 1 unspecified atom stereocenters. The van der Waals surface area contributed by atoms with Crippen molar-refractivity contribution in [1.29, 1.82) is 0 Å². The van der Waals surface area contributed by atoms with E-state index in [4.69, 9.17) is 13.9 Å². The van der Waals surface area contributed by atoms with Crippen LogP contribution in [-0.2, 0) is 25.3 Å². The first-order valence-electron chi connectivity index (χ1n) is 10.1. The van der Waals surface area contributed by atoms with E-state index in [-0.39, 0.29) is 0 Å². The normalized spacial score (nSPS) is 21.6. The van der Waals surface area contributed by atoms with Crippen molar-refractivity contribution in [3.63, 3.8) is 0 Å². The number of benzene rings is 3. The van der Waals surface area contributed by atoms with E-state index < -0.39 is 19.7 Å². The lowest BCUT2D eigenvalue weighted by Gasteiger charge is -2.54. The van der Waals surface area contributed by atoms with Gasteiger partial charge in [-0.15, -0.1) is 0 Å². The maximum absolute atomic E-state index is 6.97. The van der Waals surface area contributed by atoms with Gasteiger partial charge in [-0.25, -0.2) is 0 Å². The first-order valence-corrected chi connectivity index (χ1v) is 13.5. The minimum absolute atomic E-state index is 0.473. The fraction of sp³-hybridized carbons (Fsp3) is 0.280. The van der Waals surface area contributed by atoms with Gasteiger partial charge in [0.05, 0.1) is 13.2 Å². The molecule has 0 aliphatic carbocycles. The summed E-state index contributed by atoms with van der Waals surface area (Å²) < 4.78 is 20.3. The number of rotatable bonds is 5. The summed E-state index contributed by atoms with van der Waals surface area (Å²) in [5, 5.41) is 0. The Bertz CT molecular complexity index is 883. The van der Waals surface area contributed by atoms with Crippen LogP contribution in [0.1, 0.15) is 16.7 Å². The molecule has 1 atom stereocenters. The molecule has 0 saturated carbocycles. The molecule has 0 radical (unpaired) electrons. The minimum Gasteiger partial charge on any atom is -0.385 e. The smallest absolute Gasteiger partial charge is 0.224 e. The van der Waals surface area contributed by atoms with Gasteiger partial charge in [-0.2, -0.15) is 0 Å². The van der Waals surface area contributed by atoms with Gasteiger partial charge in [0.25, 0.3) is 0 Å². The van der Waals surface area contributed by atoms with Crippen molar-refractivity contribution in [3.8, 4) is 0 Å². The highest BCUT2D eigenvalue weighted by Crippen LogP contribution is 2.54. The van der Waals surface area contributed by atoms with Crippen LogP contribution in [0.25, 0.3) is 0 Å². The van der Waals surface area contributed by atoms with Crippen molar-refractivity contribution in [2.24, 2.45) is 0 Å². The average Bonchev–Trinajstić information content (AvgIpc) is 2.75. The van der Waals surface area contributed by atoms with Crippen LogP contribution < -0.4 is 0 Å². The minimum atomic E-state index is -2.06. The molecule has 4 rings (SSSR count). The number of hydrogen-bond acceptors (Lipinski definition) is 3. The molecule has 0 spiro atoms. The highest BCUT2D eigenvalue weighted by atomic mass is 28.4. The number of ether oxygens (including phenoxy) is 2. The van der Waals surface area contributed by atoms with Gasteiger partial charge >= 0.3 is 0 Å². The molecule has 0 N–H and O–H groups in total. The third kappa shape index (κ3) is 3.58. The molecule has 3 nitrogen and oxygen atoms in total. The highest BCUT2D eigenvalue weighted by molar-refractivity contribution is 6.69. The third-order valence-electron chi connectivity index (χ3n) is 5.14. The predicted octanol–water partition coefficient (Wildman–Crippen LogP) is 5.68. The zero-order chi connectivity index (χ0) is 20.4. The van der Waals surface area contributed by atoms with Crippen LogP contribution in [0.15, 0.2) is 91.0 Å². The zero-order valence-corrected chi connectivity index (χ0v) is 18.3. The van der Waals surface area contributed by atoms with Crippen molar-refractivity contribution < 1.29 is 13.9 Å². The van der Waals surface area contributed by atoms with Crippen LogP contribution in [0.2, 0.25) is 19.6 Å². The molecule has 1 fully saturated rings. The Hall–Kier alpha value is -2.24. The van der Waals surface area contributed by atoms with Gasteiger partial charge in [-0.3, -0.25) is 0 Å². The molecule has 1 aliphatic heterocycles. The first kappa shape index (κ1) is 20.0. The third-order valence-corrected chi connectivity index (χ3v) is 6.03. The van der Waals surface area contributed by atoms with Crippen molar-refractivity contribution >= 4 is 8.32 Å². The monoisotopic (exact) mass is 404 g/mol. The first-order chi connectivity index (χ1) is 14.0. The van der Waals surface area contributed by atoms with E-state index in [0.717, 1.165) is 16.7 Å². The highest BCUT2D eigenvalue weighted by Gasteiger charge is 2.61. The topological polar surface area (TPSA) is 27.7 Å². The van der Waals surface area contributed by atoms with E-state index >= 15 is 0 Å². The summed E-state index contributed by atoms with van der Waals surface area (Å²) >= 11 is 0. The molecule has 1 heterocycles. The van der Waals surface area contributed by atoms with Crippen LogP contribution in [0.5, 0.6) is 0 Å². The van der Waals surface area contributed by atoms with Gasteiger partial charge in [-0.1, -0.05) is 91.0 Å². The molecule has 0 amide bonds. The second kappa shape index (κ2) is 7.88. The van der Waals surface area contributed by atoms with Crippen LogP contribution in [0, 0.1) is 0 Å². The van der Waals surface area contributed by atoms with Gasteiger partial charge < -0.3 is 13.9 Å². The Morgan fingerprint density at radius 1 is 0.621 bits per heavy atom. The van der Waals surface area contributed by atoms with Gasteiger partial charge in [0.15, 0.2) is 13.9 Å². The summed E-state index contributed by atoms with van der Waals surface area (Å²) in [7, 11) is -2.06. The molecule has 1 saturated heterocycles. The standard InChI is InChI=1S/C25H28O3Si/c1-29(2,3)28-25(23-17-11-6-12-18-23)24(26-19-20-27-25,21-13-7-4-8-14-21)22-15-9-5-10-16-22/h4-18H,19-20H2,1-3H3. The summed E-state index contributed by atoms with van der Waals surface area (Å²) in [6, 6.07) is 30.9. The van der Waals surface area contributed by atoms with E-state index in [1.54, 1.807) is 0 Å². The summed E-state index contributed by atoms with van der Waals surface area (Å²) in [4.78, 5) is 0. The molecule has 0 aromatic heterocycles. The zero-order valence-electron chi connectivity index (χ0n) is 17.3. The van der Waals surface area contributed by atoms with Gasteiger partial charge in [0.2, 0.25) is 5.79 Å². The fourth-order valence-corrected chi connectivity index (χ4v) is 5.35. The molecular weight excluding hydrogens is 376 g/mol. The molecule has 1 aliphatic rings. The summed E-state index contributed by atoms with van der Waals surface area (Å²) in [6.45, 7) is 7.54. The second-order valence-electron chi connectivity index (χ2n) is 8.31. The molecule has 29 heavy (non-hydrogen) atoms. The lowest BCUT2D eigenvalue weighted by molar-refractivity contribution is -0.342. The Kier molecular flexibility index (Phi) is 5.45. The van der Waals surface area contributed by atoms with Crippen LogP contribution in [0.3, 0.4) is 0 Å². The molecule has 4 heteroatoms. The van der Waals surface area contributed by atoms with Crippen LogP contribution >= 0.6 is 0 Å². The quantitative estimate of drug-likeness (QED) is 0.512. The number of hydrogen-bond donors (Lipinski definition) is 0. The van der Waals surface area contributed by atoms with E-state index in [1.807, 2.05) is 54.6 Å². The van der Waals surface area contributed by atoms with E-state index in [0.29, 0.717) is 13.2 Å². The largest absolute Gasteiger partial charge is 0.385 e. The molecule has 3 aromatic carbocycles. The Morgan fingerprint density at radius 3 is 1.48 bits per heavy atom. The van der Waals surface area contributed by atoms with Crippen molar-refractivity contribution in [1.82, 2.24) is 0 Å². The summed E-state index contributed by atoms with van der Waals surface area (Å²) in [5.41, 5.74) is 2.09. The fourth-order valence-electron chi connectivity index (χ4n) is 4.17. The van der Waals surface area contributed by atoms with Crippen molar-refractivity contribution in [3.05, 3.63) is 108 Å². The maximum Gasteiger partial charge on any atom is 0.224 e. The van der Waals surface area contributed by atoms with Gasteiger partial charge in [0, 0.05) is 5.56 Å². The average molecular weight is 405 g/mol. The lowest BCUT2D eigenvalue weighted by atomic mass is 9.75. The van der Waals surface area contributed by atoms with Gasteiger partial charge in [-0.05, 0) is 30.8 Å². The second-order valence-corrected chi connectivity index (χ2v) is 12.7. The summed E-state index contributed by atoms with van der Waals surface area (Å²) in [5.74, 6) is -1.08. The molecule has 150 valence electrons. The Balaban J connectivity index is 2.07. The van der Waals surface area contributed by atoms with E-state index in [2.05, 4.69) is 56.0 Å². The molecule has 3 aromatic rings. The Morgan fingerprint density at radius 2 is 1.03 bits per heavy atom. The molecule has 0 bridgehead atoms. The SMILES string of the molecule is C[Si](C)(C)OC1(c2ccccc2)OCCOC1(c1ccccc1)c1ccccc1. The van der Waals surface area contributed by atoms with Crippen molar-refractivity contribution in [2.75, 3.05) is 13.2 Å². The lowest BCUT2D eigenvalue weighted by Crippen LogP contribution is -2.61. The maximum atomic E-state index is 6.97. The van der Waals surface area contributed by atoms with Crippen LogP contribution in [-0.4, -0.2) is 21.5 Å². The molecular formula is C25H28O3Si. The predicted molar refractivity (Wildman–Crippen MR) is 118 cm³/mol. The van der Waals surface area contributed by atoms with Gasteiger partial charge in [0.1, 0.15) is 0 Å². The summed E-state index contributed by atoms with van der Waals surface area (Å²) in [6.07, 6.45) is 0. The Labute approximate surface area is 174 Å².